The molecule has 2 atom stereocenters. The van der Waals surface area contributed by atoms with E-state index in [0.717, 1.165) is 59.1 Å². The van der Waals surface area contributed by atoms with Crippen LogP contribution in [-0.2, 0) is 24.2 Å². The Bertz CT molecular complexity index is 2670. The van der Waals surface area contributed by atoms with E-state index in [1.807, 2.05) is 72.8 Å². The van der Waals surface area contributed by atoms with Gasteiger partial charge in [-0.05, 0) is 71.9 Å². The van der Waals surface area contributed by atoms with Gasteiger partial charge in [0.15, 0.2) is 0 Å². The summed E-state index contributed by atoms with van der Waals surface area (Å²) in [6, 6.07) is 51.9. The topological polar surface area (TPSA) is 0 Å². The molecule has 0 radical (unpaired) electrons. The van der Waals surface area contributed by atoms with Crippen molar-refractivity contribution in [2.45, 2.75) is 51.4 Å². The van der Waals surface area contributed by atoms with Crippen molar-refractivity contribution in [3.05, 3.63) is 286 Å². The summed E-state index contributed by atoms with van der Waals surface area (Å²) in [5.41, 5.74) is 15.1. The number of allylic oxidation sites excluding steroid dienone is 16. The first kappa shape index (κ1) is 49.9. The summed E-state index contributed by atoms with van der Waals surface area (Å²) in [5.74, 6) is 0.0455. The van der Waals surface area contributed by atoms with E-state index in [1.165, 1.54) is 60.9 Å². The Morgan fingerprint density at radius 2 is 0.879 bits per heavy atom. The Kier molecular flexibility index (Phi) is 18.3. The van der Waals surface area contributed by atoms with Gasteiger partial charge in [-0.25, -0.2) is 8.78 Å². The summed E-state index contributed by atoms with van der Waals surface area (Å²) in [5, 5.41) is 0. The molecule has 0 heterocycles. The third-order valence-corrected chi connectivity index (χ3v) is 13.4. The Balaban J connectivity index is 0.000000168. The van der Waals surface area contributed by atoms with Gasteiger partial charge in [-0.1, -0.05) is 111 Å². The fraction of sp³-hybridized carbons (Fsp3) is 0.131. The average Bonchev–Trinajstić information content (AvgIpc) is 3.83. The number of halogens is 4. The van der Waals surface area contributed by atoms with Gasteiger partial charge in [0.2, 0.25) is 0 Å². The molecule has 328 valence electrons. The molecule has 4 aliphatic carbocycles. The van der Waals surface area contributed by atoms with Gasteiger partial charge in [-0.15, -0.1) is 47.6 Å². The summed E-state index contributed by atoms with van der Waals surface area (Å²) < 4.78 is 31.0. The van der Waals surface area contributed by atoms with E-state index in [2.05, 4.69) is 147 Å². The zero-order valence-corrected chi connectivity index (χ0v) is 41.1. The van der Waals surface area contributed by atoms with Crippen molar-refractivity contribution in [2.24, 2.45) is 0 Å². The summed E-state index contributed by atoms with van der Waals surface area (Å²) in [7, 11) is 0. The molecule has 0 saturated heterocycles. The molecule has 4 aliphatic rings. The van der Waals surface area contributed by atoms with Crippen LogP contribution in [0.4, 0.5) is 8.78 Å². The van der Waals surface area contributed by atoms with Crippen molar-refractivity contribution >= 4 is 3.21 Å². The molecule has 10 rings (SSSR count). The molecule has 0 aliphatic heterocycles. The molecular formula is C61H50Cl2F2Zr-2. The SMILES string of the molecule is CCC1=[C-]C2=CC=CCC(c3ccc(-c4ccccc4)c(F)c3)C2=C1.CCC1=[C-]C2=CC=CCC(c3ccc(-c4ccccc4)c(F)c3)C2=C1.[Cl-].[Cl-].[Zr+2]=[C](c1ccccc1)c1ccccc1. The number of rotatable bonds is 8. The van der Waals surface area contributed by atoms with Crippen LogP contribution in [0.2, 0.25) is 0 Å². The van der Waals surface area contributed by atoms with Crippen molar-refractivity contribution in [3.63, 3.8) is 0 Å². The summed E-state index contributed by atoms with van der Waals surface area (Å²) >= 11 is 1.46. The van der Waals surface area contributed by atoms with Crippen LogP contribution in [0.3, 0.4) is 0 Å². The van der Waals surface area contributed by atoms with E-state index in [0.29, 0.717) is 11.1 Å². The van der Waals surface area contributed by atoms with Crippen LogP contribution in [-0.4, -0.2) is 3.21 Å². The quantitative estimate of drug-likeness (QED) is 0.133. The second kappa shape index (κ2) is 24.3. The zero-order valence-electron chi connectivity index (χ0n) is 37.1. The van der Waals surface area contributed by atoms with Crippen LogP contribution in [0.1, 0.15) is 73.6 Å². The number of hydrogen-bond acceptors (Lipinski definition) is 0. The second-order valence-corrected chi connectivity index (χ2v) is 17.3. The van der Waals surface area contributed by atoms with E-state index in [9.17, 15) is 8.78 Å². The Morgan fingerprint density at radius 3 is 1.23 bits per heavy atom. The first-order chi connectivity index (χ1) is 31.4. The molecule has 0 N–H and O–H groups in total. The number of benzene rings is 6. The molecule has 5 heteroatoms. The molecule has 66 heavy (non-hydrogen) atoms. The molecule has 6 aromatic rings. The molecule has 0 nitrogen and oxygen atoms in total. The van der Waals surface area contributed by atoms with Gasteiger partial charge in [0.25, 0.3) is 0 Å². The van der Waals surface area contributed by atoms with E-state index in [1.54, 1.807) is 12.1 Å². The first-order valence-electron chi connectivity index (χ1n) is 22.2. The first-order valence-corrected chi connectivity index (χ1v) is 23.5. The summed E-state index contributed by atoms with van der Waals surface area (Å²) in [6.45, 7) is 4.29. The third kappa shape index (κ3) is 12.1. The van der Waals surface area contributed by atoms with Crippen LogP contribution in [0.5, 0.6) is 0 Å². The number of hydrogen-bond donors (Lipinski definition) is 0. The zero-order chi connectivity index (χ0) is 44.3. The number of fused-ring (bicyclic) bond motifs is 2. The average molecular weight is 983 g/mol. The van der Waals surface area contributed by atoms with Gasteiger partial charge in [-0.3, -0.25) is 0 Å². The Morgan fingerprint density at radius 1 is 0.515 bits per heavy atom. The van der Waals surface area contributed by atoms with Crippen molar-refractivity contribution in [1.82, 2.24) is 0 Å². The van der Waals surface area contributed by atoms with Crippen LogP contribution in [0, 0.1) is 23.8 Å². The summed E-state index contributed by atoms with van der Waals surface area (Å²) in [4.78, 5) is 0. The predicted octanol–water partition coefficient (Wildman–Crippen LogP) is 9.89. The minimum absolute atomic E-state index is 0. The molecule has 2 unspecified atom stereocenters. The summed E-state index contributed by atoms with van der Waals surface area (Å²) in [6.07, 6.45) is 27.8. The standard InChI is InChI=1S/2C24H20F.C13H10.2ClH.Zr/c2*1-2-17-14-19-10-6-7-11-21(23(19)15-17)20-12-13-22(24(25)16-20)18-8-4-3-5-9-18;1-3-7-12(8-4-1)11-13-9-5-2-6-10-13;;;/h2*3-10,12-13,15-16,21H,2,11H2,1H3;1-10H;2*1H;/q2*-1;;;;+2/p-2. The van der Waals surface area contributed by atoms with Crippen molar-refractivity contribution in [3.8, 4) is 22.3 Å². The Labute approximate surface area is 417 Å². The molecule has 0 aromatic heterocycles. The van der Waals surface area contributed by atoms with E-state index in [-0.39, 0.29) is 48.3 Å². The minimum atomic E-state index is -0.159. The molecule has 0 bridgehead atoms. The van der Waals surface area contributed by atoms with Crippen LogP contribution in [0.15, 0.2) is 240 Å². The molecule has 0 fully saturated rings. The maximum atomic E-state index is 14.8. The van der Waals surface area contributed by atoms with Gasteiger partial charge >= 0.3 is 99.2 Å². The van der Waals surface area contributed by atoms with E-state index in [4.69, 9.17) is 0 Å². The molecular weight excluding hydrogens is 933 g/mol. The molecule has 0 saturated carbocycles. The predicted molar refractivity (Wildman–Crippen MR) is 259 cm³/mol. The fourth-order valence-electron chi connectivity index (χ4n) is 8.55. The van der Waals surface area contributed by atoms with E-state index < -0.39 is 0 Å². The van der Waals surface area contributed by atoms with Crippen molar-refractivity contribution in [2.75, 3.05) is 0 Å². The van der Waals surface area contributed by atoms with Crippen LogP contribution >= 0.6 is 0 Å². The van der Waals surface area contributed by atoms with E-state index >= 15 is 0 Å². The van der Waals surface area contributed by atoms with Gasteiger partial charge in [-0.2, -0.15) is 34.4 Å². The van der Waals surface area contributed by atoms with Gasteiger partial charge in [0.1, 0.15) is 11.6 Å². The maximum absolute atomic E-state index is 14.8. The normalized spacial score (nSPS) is 16.5. The molecule has 6 aromatic carbocycles. The molecule has 0 amide bonds. The molecule has 0 spiro atoms. The van der Waals surface area contributed by atoms with Crippen LogP contribution in [0.25, 0.3) is 22.3 Å². The van der Waals surface area contributed by atoms with Crippen molar-refractivity contribution < 1.29 is 57.8 Å². The van der Waals surface area contributed by atoms with Gasteiger partial charge in [0, 0.05) is 11.1 Å². The van der Waals surface area contributed by atoms with Crippen LogP contribution < -0.4 is 24.8 Å². The third-order valence-electron chi connectivity index (χ3n) is 12.0. The van der Waals surface area contributed by atoms with Gasteiger partial charge in [0.05, 0.1) is 0 Å². The monoisotopic (exact) mass is 980 g/mol. The second-order valence-electron chi connectivity index (χ2n) is 16.1. The Hall–Kier alpha value is -5.57. The van der Waals surface area contributed by atoms with Crippen molar-refractivity contribution in [1.29, 1.82) is 0 Å². The fourth-order valence-corrected chi connectivity index (χ4v) is 9.37. The van der Waals surface area contributed by atoms with Gasteiger partial charge < -0.3 is 24.8 Å².